The molecule has 3 nitrogen and oxygen atoms in total. The minimum absolute atomic E-state index is 0.0291. The molecule has 1 amide bonds. The molecule has 0 radical (unpaired) electrons. The highest BCUT2D eigenvalue weighted by Gasteiger charge is 2.33. The van der Waals surface area contributed by atoms with Crippen LogP contribution in [0.5, 0.6) is 0 Å². The predicted octanol–water partition coefficient (Wildman–Crippen LogP) is 5.27. The van der Waals surface area contributed by atoms with E-state index in [-0.39, 0.29) is 12.1 Å². The fraction of sp³-hybridized carbons (Fsp3) is 0.136. The Kier molecular flexibility index (Phi) is 4.14. The Bertz CT molecular complexity index is 1220. The van der Waals surface area contributed by atoms with Crippen LogP contribution in [0.4, 0.5) is 13.2 Å². The molecule has 0 atom stereocenters. The number of hydrogen-bond donors (Lipinski definition) is 1. The van der Waals surface area contributed by atoms with Crippen LogP contribution in [0, 0.1) is 6.92 Å². The van der Waals surface area contributed by atoms with Gasteiger partial charge in [0.05, 0.1) is 11.1 Å². The van der Waals surface area contributed by atoms with Crippen LogP contribution in [-0.4, -0.2) is 10.5 Å². The number of aryl methyl sites for hydroxylation is 1. The Labute approximate surface area is 159 Å². The van der Waals surface area contributed by atoms with E-state index >= 15 is 0 Å². The van der Waals surface area contributed by atoms with Crippen molar-refractivity contribution in [1.29, 1.82) is 0 Å². The van der Waals surface area contributed by atoms with Gasteiger partial charge < -0.3 is 10.3 Å². The molecule has 0 saturated heterocycles. The monoisotopic (exact) mass is 382 g/mol. The van der Waals surface area contributed by atoms with Crippen molar-refractivity contribution in [2.45, 2.75) is 19.6 Å². The van der Waals surface area contributed by atoms with Crippen LogP contribution in [0.1, 0.15) is 27.0 Å². The third kappa shape index (κ3) is 2.91. The lowest BCUT2D eigenvalue weighted by Gasteiger charge is -2.15. The van der Waals surface area contributed by atoms with Crippen molar-refractivity contribution < 1.29 is 18.0 Å². The van der Waals surface area contributed by atoms with Gasteiger partial charge in [0.1, 0.15) is 0 Å². The molecule has 28 heavy (non-hydrogen) atoms. The van der Waals surface area contributed by atoms with Crippen LogP contribution in [0.15, 0.2) is 60.7 Å². The molecule has 3 aromatic carbocycles. The number of alkyl halides is 3. The summed E-state index contributed by atoms with van der Waals surface area (Å²) in [6.07, 6.45) is -4.44. The number of carbonyl (C=O) groups excluding carboxylic acids is 1. The van der Waals surface area contributed by atoms with Gasteiger partial charge in [-0.2, -0.15) is 13.2 Å². The highest BCUT2D eigenvalue weighted by Crippen LogP contribution is 2.36. The fourth-order valence-corrected chi connectivity index (χ4v) is 3.74. The van der Waals surface area contributed by atoms with E-state index in [1.807, 2.05) is 29.7 Å². The van der Waals surface area contributed by atoms with E-state index < -0.39 is 17.6 Å². The number of fused-ring (bicyclic) bond motifs is 3. The molecule has 0 aliphatic rings. The van der Waals surface area contributed by atoms with Gasteiger partial charge in [0.25, 0.3) is 0 Å². The van der Waals surface area contributed by atoms with Crippen molar-refractivity contribution >= 4 is 27.7 Å². The Morgan fingerprint density at radius 2 is 1.75 bits per heavy atom. The summed E-state index contributed by atoms with van der Waals surface area (Å²) in [4.78, 5) is 11.9. The average molecular weight is 382 g/mol. The summed E-state index contributed by atoms with van der Waals surface area (Å²) in [5, 5.41) is 1.45. The lowest BCUT2D eigenvalue weighted by molar-refractivity contribution is -0.138. The van der Waals surface area contributed by atoms with Crippen molar-refractivity contribution in [2.75, 3.05) is 0 Å². The summed E-state index contributed by atoms with van der Waals surface area (Å²) in [6, 6.07) is 16.4. The van der Waals surface area contributed by atoms with Crippen LogP contribution < -0.4 is 5.73 Å². The molecular weight excluding hydrogens is 365 g/mol. The second kappa shape index (κ2) is 6.41. The Morgan fingerprint density at radius 3 is 2.46 bits per heavy atom. The fourth-order valence-electron chi connectivity index (χ4n) is 3.74. The molecule has 142 valence electrons. The van der Waals surface area contributed by atoms with Crippen LogP contribution in [-0.2, 0) is 12.7 Å². The van der Waals surface area contributed by atoms with E-state index in [9.17, 15) is 18.0 Å². The van der Waals surface area contributed by atoms with E-state index in [1.165, 1.54) is 12.1 Å². The standard InChI is InChI=1S/C22H17F3N2O/c1-13-9-10-15-19(11-13)27(18-8-4-6-16(20(15)18)21(26)28)12-14-5-2-3-7-17(14)22(23,24)25/h2-11H,12H2,1H3,(H2,26,28). The molecule has 1 aromatic heterocycles. The van der Waals surface area contributed by atoms with Gasteiger partial charge in [0.15, 0.2) is 0 Å². The van der Waals surface area contributed by atoms with Crippen molar-refractivity contribution in [2.24, 2.45) is 5.73 Å². The van der Waals surface area contributed by atoms with Gasteiger partial charge in [-0.3, -0.25) is 4.79 Å². The zero-order chi connectivity index (χ0) is 20.1. The Balaban J connectivity index is 2.04. The third-order valence-corrected chi connectivity index (χ3v) is 4.96. The number of hydrogen-bond acceptors (Lipinski definition) is 1. The van der Waals surface area contributed by atoms with Gasteiger partial charge in [-0.1, -0.05) is 36.4 Å². The van der Waals surface area contributed by atoms with E-state index in [2.05, 4.69) is 0 Å². The van der Waals surface area contributed by atoms with Gasteiger partial charge in [-0.05, 0) is 42.3 Å². The Hall–Kier alpha value is -3.28. The summed E-state index contributed by atoms with van der Waals surface area (Å²) in [7, 11) is 0. The summed E-state index contributed by atoms with van der Waals surface area (Å²) in [5.41, 5.74) is 7.82. The number of aromatic nitrogens is 1. The normalized spacial score (nSPS) is 12.0. The van der Waals surface area contributed by atoms with Crippen molar-refractivity contribution in [3.8, 4) is 0 Å². The van der Waals surface area contributed by atoms with Crippen molar-refractivity contribution in [3.63, 3.8) is 0 Å². The summed E-state index contributed by atoms with van der Waals surface area (Å²) >= 11 is 0. The van der Waals surface area contributed by atoms with Crippen LogP contribution in [0.25, 0.3) is 21.8 Å². The average Bonchev–Trinajstić information content (AvgIpc) is 2.94. The summed E-state index contributed by atoms with van der Waals surface area (Å²) < 4.78 is 42.2. The topological polar surface area (TPSA) is 48.0 Å². The molecular formula is C22H17F3N2O. The lowest BCUT2D eigenvalue weighted by Crippen LogP contribution is -2.12. The van der Waals surface area contributed by atoms with E-state index in [1.54, 1.807) is 24.3 Å². The maximum atomic E-state index is 13.5. The van der Waals surface area contributed by atoms with Crippen molar-refractivity contribution in [1.82, 2.24) is 4.57 Å². The van der Waals surface area contributed by atoms with Gasteiger partial charge >= 0.3 is 6.18 Å². The molecule has 0 spiro atoms. The van der Waals surface area contributed by atoms with Gasteiger partial charge in [0, 0.05) is 28.4 Å². The van der Waals surface area contributed by atoms with Crippen LogP contribution in [0.2, 0.25) is 0 Å². The molecule has 0 aliphatic carbocycles. The SMILES string of the molecule is Cc1ccc2c3c(C(N)=O)cccc3n(Cc3ccccc3C(F)(F)F)c2c1. The molecule has 4 aromatic rings. The Morgan fingerprint density at radius 1 is 1.00 bits per heavy atom. The number of nitrogens with two attached hydrogens (primary N) is 1. The summed E-state index contributed by atoms with van der Waals surface area (Å²) in [5.74, 6) is -0.569. The minimum atomic E-state index is -4.44. The molecule has 6 heteroatoms. The molecule has 0 bridgehead atoms. The third-order valence-electron chi connectivity index (χ3n) is 4.96. The zero-order valence-electron chi connectivity index (χ0n) is 15.0. The maximum Gasteiger partial charge on any atom is 0.416 e. The number of rotatable bonds is 3. The minimum Gasteiger partial charge on any atom is -0.366 e. The number of primary amides is 1. The second-order valence-electron chi connectivity index (χ2n) is 6.83. The molecule has 0 aliphatic heterocycles. The molecule has 2 N–H and O–H groups in total. The number of halogens is 3. The van der Waals surface area contributed by atoms with Crippen LogP contribution in [0.3, 0.4) is 0 Å². The number of amides is 1. The van der Waals surface area contributed by atoms with Gasteiger partial charge in [0.2, 0.25) is 5.91 Å². The largest absolute Gasteiger partial charge is 0.416 e. The number of carbonyl (C=O) groups is 1. The molecule has 1 heterocycles. The quantitative estimate of drug-likeness (QED) is 0.516. The first-order chi connectivity index (χ1) is 13.3. The predicted molar refractivity (Wildman–Crippen MR) is 103 cm³/mol. The second-order valence-corrected chi connectivity index (χ2v) is 6.83. The molecule has 0 saturated carbocycles. The van der Waals surface area contributed by atoms with Crippen molar-refractivity contribution in [3.05, 3.63) is 82.9 Å². The number of benzene rings is 3. The molecule has 0 unspecified atom stereocenters. The summed E-state index contributed by atoms with van der Waals surface area (Å²) in [6.45, 7) is 1.95. The number of nitrogens with zero attached hydrogens (tertiary/aromatic N) is 1. The highest BCUT2D eigenvalue weighted by molar-refractivity contribution is 6.17. The van der Waals surface area contributed by atoms with E-state index in [0.717, 1.165) is 22.5 Å². The maximum absolute atomic E-state index is 13.5. The molecule has 4 rings (SSSR count). The lowest BCUT2D eigenvalue weighted by atomic mass is 10.1. The van der Waals surface area contributed by atoms with Crippen LogP contribution >= 0.6 is 0 Å². The van der Waals surface area contributed by atoms with Gasteiger partial charge in [-0.15, -0.1) is 0 Å². The smallest absolute Gasteiger partial charge is 0.366 e. The first-order valence-corrected chi connectivity index (χ1v) is 8.74. The van der Waals surface area contributed by atoms with Gasteiger partial charge in [-0.25, -0.2) is 0 Å². The zero-order valence-corrected chi connectivity index (χ0v) is 15.0. The van der Waals surface area contributed by atoms with E-state index in [0.29, 0.717) is 16.5 Å². The highest BCUT2D eigenvalue weighted by atomic mass is 19.4. The van der Waals surface area contributed by atoms with E-state index in [4.69, 9.17) is 5.73 Å². The first-order valence-electron chi connectivity index (χ1n) is 8.74. The first kappa shape index (κ1) is 18.1. The molecule has 0 fully saturated rings.